The van der Waals surface area contributed by atoms with Gasteiger partial charge in [0, 0.05) is 23.9 Å². The van der Waals surface area contributed by atoms with Crippen LogP contribution in [0.4, 0.5) is 0 Å². The first-order valence-corrected chi connectivity index (χ1v) is 13.5. The topological polar surface area (TPSA) is 110 Å². The highest BCUT2D eigenvalue weighted by atomic mass is 16.3. The van der Waals surface area contributed by atoms with Gasteiger partial charge in [0.05, 0.1) is 12.1 Å². The summed E-state index contributed by atoms with van der Waals surface area (Å²) in [6.07, 6.45) is -0.837. The van der Waals surface area contributed by atoms with Gasteiger partial charge in [0.1, 0.15) is 12.1 Å². The van der Waals surface area contributed by atoms with E-state index in [4.69, 9.17) is 5.53 Å². The molecular weight excluding hydrogens is 478 g/mol. The van der Waals surface area contributed by atoms with E-state index in [1.54, 1.807) is 4.90 Å². The molecule has 0 bridgehead atoms. The molecule has 2 aliphatic heterocycles. The van der Waals surface area contributed by atoms with Gasteiger partial charge in [-0.25, -0.2) is 0 Å². The van der Waals surface area contributed by atoms with Gasteiger partial charge in [0.2, 0.25) is 5.91 Å². The third-order valence-corrected chi connectivity index (χ3v) is 8.09. The van der Waals surface area contributed by atoms with Crippen LogP contribution in [-0.2, 0) is 9.59 Å². The number of carbonyl (C=O) groups is 2. The Kier molecular flexibility index (Phi) is 9.95. The van der Waals surface area contributed by atoms with Crippen LogP contribution in [-0.4, -0.2) is 52.0 Å². The first-order valence-electron chi connectivity index (χ1n) is 13.5. The van der Waals surface area contributed by atoms with Crippen molar-refractivity contribution < 1.29 is 14.7 Å². The molecule has 2 aliphatic rings. The second-order valence-electron chi connectivity index (χ2n) is 11.1. The number of carbonyl (C=O) groups excluding carboxylic acids is 2. The number of hydrogen-bond donors (Lipinski definition) is 1. The number of likely N-dealkylation sites (tertiary alicyclic amines) is 2. The SMILES string of the molecule is CC(C)C1CN([C@H](C)c2ccccc2)C(=O)C1O.CC(C)[C@H]1CN([C@H](C)c2ccccc2)C(=O)[C@H]1N=[N+]=[N-]. The van der Waals surface area contributed by atoms with E-state index in [2.05, 4.69) is 37.7 Å². The molecule has 2 aromatic rings. The van der Waals surface area contributed by atoms with Crippen molar-refractivity contribution in [1.82, 2.24) is 9.80 Å². The lowest BCUT2D eigenvalue weighted by atomic mass is 9.91. The van der Waals surface area contributed by atoms with E-state index < -0.39 is 12.1 Å². The zero-order chi connectivity index (χ0) is 28.0. The van der Waals surface area contributed by atoms with Crippen molar-refractivity contribution in [2.24, 2.45) is 28.8 Å². The monoisotopic (exact) mass is 519 g/mol. The van der Waals surface area contributed by atoms with Crippen LogP contribution in [0.25, 0.3) is 10.4 Å². The van der Waals surface area contributed by atoms with Crippen LogP contribution in [0.2, 0.25) is 0 Å². The molecular formula is C30H41N5O3. The second-order valence-corrected chi connectivity index (χ2v) is 11.1. The van der Waals surface area contributed by atoms with E-state index in [1.165, 1.54) is 0 Å². The Morgan fingerprint density at radius 3 is 1.58 bits per heavy atom. The average molecular weight is 520 g/mol. The van der Waals surface area contributed by atoms with Gasteiger partial charge in [-0.15, -0.1) is 0 Å². The first kappa shape index (κ1) is 29.2. The Labute approximate surface area is 226 Å². The molecule has 2 fully saturated rings. The Balaban J connectivity index is 0.000000212. The van der Waals surface area contributed by atoms with Gasteiger partial charge in [-0.1, -0.05) is 93.5 Å². The van der Waals surface area contributed by atoms with Gasteiger partial charge in [-0.3, -0.25) is 9.59 Å². The van der Waals surface area contributed by atoms with E-state index in [-0.39, 0.29) is 35.7 Å². The predicted molar refractivity (Wildman–Crippen MR) is 149 cm³/mol. The lowest BCUT2D eigenvalue weighted by Crippen LogP contribution is -2.32. The van der Waals surface area contributed by atoms with Crippen LogP contribution in [0, 0.1) is 23.7 Å². The molecule has 204 valence electrons. The minimum absolute atomic E-state index is 0.00356. The molecule has 1 N–H and O–H groups in total. The molecule has 2 heterocycles. The van der Waals surface area contributed by atoms with Crippen molar-refractivity contribution in [1.29, 1.82) is 0 Å². The normalized spacial score (nSPS) is 24.8. The molecule has 8 nitrogen and oxygen atoms in total. The Morgan fingerprint density at radius 2 is 1.18 bits per heavy atom. The average Bonchev–Trinajstić information content (AvgIpc) is 3.41. The van der Waals surface area contributed by atoms with E-state index >= 15 is 0 Å². The van der Waals surface area contributed by atoms with E-state index in [1.807, 2.05) is 79.4 Å². The van der Waals surface area contributed by atoms with Gasteiger partial charge in [-0.05, 0) is 48.3 Å². The lowest BCUT2D eigenvalue weighted by molar-refractivity contribution is -0.137. The van der Waals surface area contributed by atoms with E-state index in [9.17, 15) is 14.7 Å². The number of azide groups is 1. The Bertz CT molecular complexity index is 1120. The maximum atomic E-state index is 12.5. The van der Waals surface area contributed by atoms with E-state index in [0.29, 0.717) is 24.9 Å². The number of benzene rings is 2. The zero-order valence-corrected chi connectivity index (χ0v) is 23.3. The van der Waals surface area contributed by atoms with Crippen molar-refractivity contribution in [2.75, 3.05) is 13.1 Å². The fourth-order valence-electron chi connectivity index (χ4n) is 5.40. The maximum absolute atomic E-state index is 12.5. The first-order chi connectivity index (χ1) is 18.1. The van der Waals surface area contributed by atoms with Crippen LogP contribution >= 0.6 is 0 Å². The van der Waals surface area contributed by atoms with Gasteiger partial charge in [0.15, 0.2) is 0 Å². The molecule has 0 saturated carbocycles. The van der Waals surface area contributed by atoms with Crippen molar-refractivity contribution in [3.8, 4) is 0 Å². The summed E-state index contributed by atoms with van der Waals surface area (Å²) in [5.74, 6) is 0.565. The molecule has 0 aliphatic carbocycles. The quantitative estimate of drug-likeness (QED) is 0.285. The molecule has 2 saturated heterocycles. The molecule has 6 atom stereocenters. The highest BCUT2D eigenvalue weighted by molar-refractivity contribution is 5.85. The summed E-state index contributed by atoms with van der Waals surface area (Å²) < 4.78 is 0. The highest BCUT2D eigenvalue weighted by Crippen LogP contribution is 2.34. The molecule has 2 aromatic carbocycles. The summed E-state index contributed by atoms with van der Waals surface area (Å²) in [5.41, 5.74) is 10.9. The van der Waals surface area contributed by atoms with Crippen LogP contribution < -0.4 is 0 Å². The zero-order valence-electron chi connectivity index (χ0n) is 23.3. The second kappa shape index (κ2) is 12.9. The molecule has 38 heavy (non-hydrogen) atoms. The summed E-state index contributed by atoms with van der Waals surface area (Å²) in [4.78, 5) is 31.1. The standard InChI is InChI=1S/C15H20N4O.C15H21NO2/c1-10(2)13-9-19(15(20)14(13)17-18-16)11(3)12-7-5-4-6-8-12;1-10(2)13-9-16(15(18)14(13)17)11(3)12-7-5-4-6-8-12/h4-8,10-11,13-14H,9H2,1-3H3;4-8,10-11,13-14,17H,9H2,1-3H3/t11-,13-,14+;11-,13?,14?/m11/s1. The number of amides is 2. The minimum Gasteiger partial charge on any atom is -0.383 e. The number of hydrogen-bond acceptors (Lipinski definition) is 4. The third-order valence-electron chi connectivity index (χ3n) is 8.09. The fraction of sp³-hybridized carbons (Fsp3) is 0.533. The summed E-state index contributed by atoms with van der Waals surface area (Å²) >= 11 is 0. The van der Waals surface area contributed by atoms with Gasteiger partial charge < -0.3 is 14.9 Å². The summed E-state index contributed by atoms with van der Waals surface area (Å²) in [6.45, 7) is 13.6. The molecule has 4 rings (SSSR count). The Morgan fingerprint density at radius 1 is 0.763 bits per heavy atom. The van der Waals surface area contributed by atoms with Crippen LogP contribution in [0.15, 0.2) is 65.8 Å². The number of nitrogens with zero attached hydrogens (tertiary/aromatic N) is 5. The molecule has 0 aromatic heterocycles. The lowest BCUT2D eigenvalue weighted by Gasteiger charge is -2.25. The van der Waals surface area contributed by atoms with Crippen molar-refractivity contribution in [3.63, 3.8) is 0 Å². The summed E-state index contributed by atoms with van der Waals surface area (Å²) in [7, 11) is 0. The fourth-order valence-corrected chi connectivity index (χ4v) is 5.40. The predicted octanol–water partition coefficient (Wildman–Crippen LogP) is 5.76. The van der Waals surface area contributed by atoms with Crippen molar-refractivity contribution in [3.05, 3.63) is 82.2 Å². The van der Waals surface area contributed by atoms with Crippen LogP contribution in [0.1, 0.15) is 64.8 Å². The number of aliphatic hydroxyl groups is 1. The molecule has 0 radical (unpaired) electrons. The van der Waals surface area contributed by atoms with Crippen molar-refractivity contribution in [2.45, 2.75) is 65.8 Å². The summed E-state index contributed by atoms with van der Waals surface area (Å²) in [5, 5.41) is 13.7. The van der Waals surface area contributed by atoms with Gasteiger partial charge in [0.25, 0.3) is 5.91 Å². The maximum Gasteiger partial charge on any atom is 0.252 e. The molecule has 2 amide bonds. The van der Waals surface area contributed by atoms with Crippen molar-refractivity contribution >= 4 is 11.8 Å². The van der Waals surface area contributed by atoms with Crippen LogP contribution in [0.3, 0.4) is 0 Å². The number of rotatable bonds is 7. The van der Waals surface area contributed by atoms with Crippen LogP contribution in [0.5, 0.6) is 0 Å². The molecule has 2 unspecified atom stereocenters. The largest absolute Gasteiger partial charge is 0.383 e. The smallest absolute Gasteiger partial charge is 0.252 e. The highest BCUT2D eigenvalue weighted by Gasteiger charge is 2.43. The van der Waals surface area contributed by atoms with Gasteiger partial charge in [-0.2, -0.15) is 0 Å². The number of aliphatic hydroxyl groups excluding tert-OH is 1. The third kappa shape index (κ3) is 6.37. The summed E-state index contributed by atoms with van der Waals surface area (Å²) in [6, 6.07) is 19.4. The Hall–Kier alpha value is -3.35. The molecule has 0 spiro atoms. The van der Waals surface area contributed by atoms with Gasteiger partial charge >= 0.3 is 0 Å². The van der Waals surface area contributed by atoms with E-state index in [0.717, 1.165) is 11.1 Å². The minimum atomic E-state index is -0.837. The molecule has 8 heteroatoms.